The Morgan fingerprint density at radius 3 is 2.13 bits per heavy atom. The zero-order valence-corrected chi connectivity index (χ0v) is 17.5. The summed E-state index contributed by atoms with van der Waals surface area (Å²) in [6.45, 7) is -0.221. The van der Waals surface area contributed by atoms with Gasteiger partial charge in [0.15, 0.2) is 6.61 Å². The van der Waals surface area contributed by atoms with Crippen molar-refractivity contribution in [2.75, 3.05) is 24.4 Å². The molecule has 2 amide bonds. The van der Waals surface area contributed by atoms with Crippen molar-refractivity contribution < 1.29 is 19.1 Å². The Balaban J connectivity index is 1.52. The largest absolute Gasteiger partial charge is 0.497 e. The van der Waals surface area contributed by atoms with Crippen LogP contribution in [-0.2, 0) is 4.79 Å². The average molecular weight is 445 g/mol. The maximum absolute atomic E-state index is 12.3. The molecule has 6 nitrogen and oxygen atoms in total. The van der Waals surface area contributed by atoms with Gasteiger partial charge in [-0.2, -0.15) is 0 Å². The maximum atomic E-state index is 12.3. The Bertz CT molecular complexity index is 1040. The van der Waals surface area contributed by atoms with Crippen LogP contribution in [0.25, 0.3) is 0 Å². The number of hydrogen-bond donors (Lipinski definition) is 2. The van der Waals surface area contributed by atoms with Gasteiger partial charge in [0.1, 0.15) is 11.5 Å². The molecule has 0 unspecified atom stereocenters. The number of halogens is 2. The minimum absolute atomic E-state index is 0.221. The molecule has 2 N–H and O–H groups in total. The number of benzene rings is 3. The van der Waals surface area contributed by atoms with Gasteiger partial charge in [-0.15, -0.1) is 0 Å². The molecule has 0 heterocycles. The second-order valence-corrected chi connectivity index (χ2v) is 7.02. The number of amides is 2. The Hall–Kier alpha value is -3.22. The third kappa shape index (κ3) is 5.89. The molecule has 3 aromatic rings. The molecule has 3 aromatic carbocycles. The highest BCUT2D eigenvalue weighted by molar-refractivity contribution is 6.35. The fourth-order valence-corrected chi connectivity index (χ4v) is 2.98. The zero-order valence-electron chi connectivity index (χ0n) is 15.9. The first-order chi connectivity index (χ1) is 14.4. The number of nitrogens with one attached hydrogen (secondary N) is 2. The number of rotatable bonds is 7. The van der Waals surface area contributed by atoms with E-state index in [0.717, 1.165) is 0 Å². The fraction of sp³-hybridized carbons (Fsp3) is 0.0909. The third-order valence-corrected chi connectivity index (χ3v) is 4.56. The van der Waals surface area contributed by atoms with E-state index in [-0.39, 0.29) is 18.4 Å². The van der Waals surface area contributed by atoms with Gasteiger partial charge in [-0.05, 0) is 66.7 Å². The molecule has 0 saturated carbocycles. The number of ether oxygens (including phenoxy) is 2. The lowest BCUT2D eigenvalue weighted by Crippen LogP contribution is -2.20. The van der Waals surface area contributed by atoms with Crippen molar-refractivity contribution in [3.8, 4) is 11.5 Å². The summed E-state index contributed by atoms with van der Waals surface area (Å²) in [5.74, 6) is 0.437. The van der Waals surface area contributed by atoms with Crippen LogP contribution in [-0.4, -0.2) is 25.5 Å². The lowest BCUT2D eigenvalue weighted by Gasteiger charge is -2.10. The van der Waals surface area contributed by atoms with Gasteiger partial charge >= 0.3 is 0 Å². The second-order valence-electron chi connectivity index (χ2n) is 6.17. The smallest absolute Gasteiger partial charge is 0.262 e. The highest BCUT2D eigenvalue weighted by Crippen LogP contribution is 2.27. The number of anilines is 2. The predicted molar refractivity (Wildman–Crippen MR) is 118 cm³/mol. The van der Waals surface area contributed by atoms with Gasteiger partial charge < -0.3 is 20.1 Å². The molecule has 3 rings (SSSR count). The van der Waals surface area contributed by atoms with Crippen molar-refractivity contribution in [1.82, 2.24) is 0 Å². The van der Waals surface area contributed by atoms with Crippen LogP contribution in [0.4, 0.5) is 11.4 Å². The number of carbonyl (C=O) groups excluding carboxylic acids is 2. The van der Waals surface area contributed by atoms with E-state index in [4.69, 9.17) is 32.7 Å². The molecule has 8 heteroatoms. The van der Waals surface area contributed by atoms with Gasteiger partial charge in [0.2, 0.25) is 0 Å². The molecule has 0 radical (unpaired) electrons. The predicted octanol–water partition coefficient (Wildman–Crippen LogP) is 5.27. The summed E-state index contributed by atoms with van der Waals surface area (Å²) in [5.41, 5.74) is 1.64. The molecule has 0 aliphatic carbocycles. The summed E-state index contributed by atoms with van der Waals surface area (Å²) in [6, 6.07) is 18.3. The van der Waals surface area contributed by atoms with Gasteiger partial charge in [-0.3, -0.25) is 9.59 Å². The van der Waals surface area contributed by atoms with Crippen LogP contribution in [0, 0.1) is 0 Å². The Kier molecular flexibility index (Phi) is 7.17. The number of carbonyl (C=O) groups is 2. The van der Waals surface area contributed by atoms with Gasteiger partial charge in [-0.25, -0.2) is 0 Å². The van der Waals surface area contributed by atoms with E-state index in [1.165, 1.54) is 6.07 Å². The average Bonchev–Trinajstić information content (AvgIpc) is 2.74. The van der Waals surface area contributed by atoms with E-state index in [9.17, 15) is 9.59 Å². The third-order valence-electron chi connectivity index (χ3n) is 4.03. The van der Waals surface area contributed by atoms with Gasteiger partial charge in [0.25, 0.3) is 11.8 Å². The van der Waals surface area contributed by atoms with Crippen molar-refractivity contribution in [2.45, 2.75) is 0 Å². The summed E-state index contributed by atoms with van der Waals surface area (Å²) in [5, 5.41) is 6.29. The summed E-state index contributed by atoms with van der Waals surface area (Å²) >= 11 is 11.8. The van der Waals surface area contributed by atoms with Gasteiger partial charge in [-0.1, -0.05) is 23.2 Å². The Labute approximate surface area is 183 Å². The maximum Gasteiger partial charge on any atom is 0.262 e. The second kappa shape index (κ2) is 10.0. The standard InChI is InChI=1S/C22H18Cl2N2O4/c1-29-18-9-7-17(8-10-18)26-22(28)14-2-5-16(6-3-14)25-21(27)13-30-20-11-4-15(23)12-19(20)24/h2-12H,13H2,1H3,(H,25,27)(H,26,28). The Morgan fingerprint density at radius 2 is 1.50 bits per heavy atom. The highest BCUT2D eigenvalue weighted by atomic mass is 35.5. The van der Waals surface area contributed by atoms with Crippen molar-refractivity contribution in [2.24, 2.45) is 0 Å². The van der Waals surface area contributed by atoms with E-state index >= 15 is 0 Å². The highest BCUT2D eigenvalue weighted by Gasteiger charge is 2.09. The molecule has 0 aromatic heterocycles. The molecule has 0 bridgehead atoms. The van der Waals surface area contributed by atoms with E-state index < -0.39 is 0 Å². The molecule has 0 saturated heterocycles. The van der Waals surface area contributed by atoms with E-state index in [0.29, 0.717) is 38.5 Å². The van der Waals surface area contributed by atoms with Crippen LogP contribution in [0.15, 0.2) is 66.7 Å². The molecule has 0 atom stereocenters. The van der Waals surface area contributed by atoms with Gasteiger partial charge in [0.05, 0.1) is 12.1 Å². The first-order valence-electron chi connectivity index (χ1n) is 8.88. The minimum Gasteiger partial charge on any atom is -0.497 e. The summed E-state index contributed by atoms with van der Waals surface area (Å²) < 4.78 is 10.5. The number of hydrogen-bond acceptors (Lipinski definition) is 4. The SMILES string of the molecule is COc1ccc(NC(=O)c2ccc(NC(=O)COc3ccc(Cl)cc3Cl)cc2)cc1. The molecule has 0 spiro atoms. The molecular weight excluding hydrogens is 427 g/mol. The molecule has 0 aliphatic heterocycles. The van der Waals surface area contributed by atoms with Crippen molar-refractivity contribution in [3.63, 3.8) is 0 Å². The minimum atomic E-state index is -0.364. The lowest BCUT2D eigenvalue weighted by atomic mass is 10.2. The van der Waals surface area contributed by atoms with Crippen molar-refractivity contribution in [1.29, 1.82) is 0 Å². The van der Waals surface area contributed by atoms with Crippen molar-refractivity contribution >= 4 is 46.4 Å². The first kappa shape index (κ1) is 21.5. The zero-order chi connectivity index (χ0) is 21.5. The number of methoxy groups -OCH3 is 1. The van der Waals surface area contributed by atoms with E-state index in [1.54, 1.807) is 67.8 Å². The van der Waals surface area contributed by atoms with Gasteiger partial charge in [0, 0.05) is 22.0 Å². The Morgan fingerprint density at radius 1 is 0.867 bits per heavy atom. The first-order valence-corrected chi connectivity index (χ1v) is 9.63. The lowest BCUT2D eigenvalue weighted by molar-refractivity contribution is -0.118. The van der Waals surface area contributed by atoms with Crippen LogP contribution in [0.1, 0.15) is 10.4 Å². The molecular formula is C22H18Cl2N2O4. The molecule has 0 aliphatic rings. The van der Waals surface area contributed by atoms with Crippen LogP contribution in [0.3, 0.4) is 0 Å². The molecule has 30 heavy (non-hydrogen) atoms. The van der Waals surface area contributed by atoms with Crippen LogP contribution < -0.4 is 20.1 Å². The summed E-state index contributed by atoms with van der Waals surface area (Å²) in [4.78, 5) is 24.4. The monoisotopic (exact) mass is 444 g/mol. The topological polar surface area (TPSA) is 76.7 Å². The normalized spacial score (nSPS) is 10.2. The quantitative estimate of drug-likeness (QED) is 0.520. The molecule has 154 valence electrons. The van der Waals surface area contributed by atoms with E-state index in [2.05, 4.69) is 10.6 Å². The van der Waals surface area contributed by atoms with E-state index in [1.807, 2.05) is 0 Å². The van der Waals surface area contributed by atoms with Crippen molar-refractivity contribution in [3.05, 3.63) is 82.3 Å². The fourth-order valence-electron chi connectivity index (χ4n) is 2.52. The van der Waals surface area contributed by atoms with Crippen LogP contribution >= 0.6 is 23.2 Å². The van der Waals surface area contributed by atoms with Crippen LogP contribution in [0.2, 0.25) is 10.0 Å². The summed E-state index contributed by atoms with van der Waals surface area (Å²) in [6.07, 6.45) is 0. The summed E-state index contributed by atoms with van der Waals surface area (Å²) in [7, 11) is 1.58. The van der Waals surface area contributed by atoms with Crippen LogP contribution in [0.5, 0.6) is 11.5 Å². The molecule has 0 fully saturated rings.